The Morgan fingerprint density at radius 2 is 1.69 bits per heavy atom. The molecule has 0 aliphatic carbocycles. The van der Waals surface area contributed by atoms with Gasteiger partial charge in [0.15, 0.2) is 12.4 Å². The van der Waals surface area contributed by atoms with Gasteiger partial charge in [0.1, 0.15) is 18.2 Å². The van der Waals surface area contributed by atoms with Crippen molar-refractivity contribution in [2.75, 3.05) is 0 Å². The van der Waals surface area contributed by atoms with Crippen LogP contribution in [-0.4, -0.2) is 0 Å². The standard InChI is InChI=1S/C12H10FNO2/c13-11-3-1-10(2-4-11)9-16-12-5-7-14(15)8-6-12/h1-8H,9H2. The first-order valence-corrected chi connectivity index (χ1v) is 4.80. The second kappa shape index (κ2) is 4.61. The number of halogens is 1. The van der Waals surface area contributed by atoms with Crippen LogP contribution < -0.4 is 9.47 Å². The van der Waals surface area contributed by atoms with Gasteiger partial charge in [0, 0.05) is 12.1 Å². The van der Waals surface area contributed by atoms with Gasteiger partial charge in [-0.3, -0.25) is 0 Å². The molecule has 1 aromatic heterocycles. The molecule has 82 valence electrons. The fraction of sp³-hybridized carbons (Fsp3) is 0.0833. The molecular weight excluding hydrogens is 209 g/mol. The Hall–Kier alpha value is -2.10. The number of hydrogen-bond donors (Lipinski definition) is 0. The van der Waals surface area contributed by atoms with Gasteiger partial charge in [0.05, 0.1) is 0 Å². The summed E-state index contributed by atoms with van der Waals surface area (Å²) < 4.78 is 18.7. The molecule has 0 bridgehead atoms. The number of pyridine rings is 1. The summed E-state index contributed by atoms with van der Waals surface area (Å²) in [6.45, 7) is 0.350. The third-order valence-electron chi connectivity index (χ3n) is 2.09. The van der Waals surface area contributed by atoms with E-state index in [1.807, 2.05) is 0 Å². The van der Waals surface area contributed by atoms with Crippen LogP contribution >= 0.6 is 0 Å². The van der Waals surface area contributed by atoms with Crippen molar-refractivity contribution < 1.29 is 13.9 Å². The van der Waals surface area contributed by atoms with Gasteiger partial charge in [-0.25, -0.2) is 4.39 Å². The summed E-state index contributed by atoms with van der Waals surface area (Å²) in [4.78, 5) is 0. The molecule has 1 aromatic carbocycles. The minimum absolute atomic E-state index is 0.268. The Morgan fingerprint density at radius 3 is 2.31 bits per heavy atom. The number of benzene rings is 1. The summed E-state index contributed by atoms with van der Waals surface area (Å²) in [6.07, 6.45) is 2.72. The molecule has 0 radical (unpaired) electrons. The molecule has 0 saturated carbocycles. The van der Waals surface area contributed by atoms with Crippen molar-refractivity contribution in [3.8, 4) is 5.75 Å². The van der Waals surface area contributed by atoms with Crippen LogP contribution in [0.4, 0.5) is 4.39 Å². The van der Waals surface area contributed by atoms with Crippen LogP contribution in [0, 0.1) is 11.0 Å². The van der Waals surface area contributed by atoms with E-state index in [0.717, 1.165) is 5.56 Å². The largest absolute Gasteiger partial charge is 0.619 e. The van der Waals surface area contributed by atoms with Crippen LogP contribution in [-0.2, 0) is 6.61 Å². The normalized spacial score (nSPS) is 10.1. The topological polar surface area (TPSA) is 36.2 Å². The maximum absolute atomic E-state index is 12.6. The number of aromatic nitrogens is 1. The van der Waals surface area contributed by atoms with E-state index in [1.165, 1.54) is 24.5 Å². The van der Waals surface area contributed by atoms with Crippen LogP contribution in [0.25, 0.3) is 0 Å². The Morgan fingerprint density at radius 1 is 1.06 bits per heavy atom. The fourth-order valence-corrected chi connectivity index (χ4v) is 1.24. The lowest BCUT2D eigenvalue weighted by Gasteiger charge is -2.05. The van der Waals surface area contributed by atoms with Crippen molar-refractivity contribution in [1.82, 2.24) is 0 Å². The maximum atomic E-state index is 12.6. The van der Waals surface area contributed by atoms with Crippen LogP contribution in [0.2, 0.25) is 0 Å². The summed E-state index contributed by atoms with van der Waals surface area (Å²) in [7, 11) is 0. The van der Waals surface area contributed by atoms with Gasteiger partial charge in [-0.1, -0.05) is 12.1 Å². The monoisotopic (exact) mass is 219 g/mol. The first-order valence-electron chi connectivity index (χ1n) is 4.80. The lowest BCUT2D eigenvalue weighted by Crippen LogP contribution is -2.23. The summed E-state index contributed by atoms with van der Waals surface area (Å²) in [5.74, 6) is 0.340. The van der Waals surface area contributed by atoms with Gasteiger partial charge in [0.25, 0.3) is 0 Å². The summed E-state index contributed by atoms with van der Waals surface area (Å²) in [5, 5.41) is 10.8. The quantitative estimate of drug-likeness (QED) is 0.585. The van der Waals surface area contributed by atoms with Crippen molar-refractivity contribution in [3.05, 3.63) is 65.4 Å². The minimum Gasteiger partial charge on any atom is -0.619 e. The van der Waals surface area contributed by atoms with Gasteiger partial charge in [-0.15, -0.1) is 0 Å². The summed E-state index contributed by atoms with van der Waals surface area (Å²) >= 11 is 0. The van der Waals surface area contributed by atoms with E-state index in [1.54, 1.807) is 24.3 Å². The Kier molecular flexibility index (Phi) is 3.00. The minimum atomic E-state index is -0.268. The molecule has 0 unspecified atom stereocenters. The van der Waals surface area contributed by atoms with Gasteiger partial charge in [0.2, 0.25) is 0 Å². The number of nitrogens with zero attached hydrogens (tertiary/aromatic N) is 1. The molecule has 0 aliphatic rings. The molecular formula is C12H10FNO2. The lowest BCUT2D eigenvalue weighted by molar-refractivity contribution is -0.605. The van der Waals surface area contributed by atoms with Gasteiger partial charge < -0.3 is 9.94 Å². The number of rotatable bonds is 3. The van der Waals surface area contributed by atoms with E-state index in [4.69, 9.17) is 4.74 Å². The molecule has 0 atom stereocenters. The average Bonchev–Trinajstić information content (AvgIpc) is 2.30. The van der Waals surface area contributed by atoms with E-state index in [0.29, 0.717) is 17.1 Å². The number of hydrogen-bond acceptors (Lipinski definition) is 2. The molecule has 2 rings (SSSR count). The lowest BCUT2D eigenvalue weighted by atomic mass is 10.2. The molecule has 3 nitrogen and oxygen atoms in total. The Balaban J connectivity index is 1.97. The second-order valence-corrected chi connectivity index (χ2v) is 3.31. The number of ether oxygens (including phenoxy) is 1. The molecule has 0 amide bonds. The van der Waals surface area contributed by atoms with E-state index >= 15 is 0 Å². The third-order valence-corrected chi connectivity index (χ3v) is 2.09. The van der Waals surface area contributed by atoms with E-state index in [2.05, 4.69) is 0 Å². The third kappa shape index (κ3) is 2.70. The highest BCUT2D eigenvalue weighted by Crippen LogP contribution is 2.10. The van der Waals surface area contributed by atoms with E-state index in [9.17, 15) is 9.60 Å². The predicted molar refractivity (Wildman–Crippen MR) is 56.1 cm³/mol. The van der Waals surface area contributed by atoms with Crippen molar-refractivity contribution in [2.45, 2.75) is 6.61 Å². The van der Waals surface area contributed by atoms with Crippen LogP contribution in [0.1, 0.15) is 5.56 Å². The molecule has 0 spiro atoms. The smallest absolute Gasteiger partial charge is 0.184 e. The van der Waals surface area contributed by atoms with Crippen LogP contribution in [0.15, 0.2) is 48.8 Å². The molecule has 0 saturated heterocycles. The van der Waals surface area contributed by atoms with Crippen molar-refractivity contribution in [3.63, 3.8) is 0 Å². The van der Waals surface area contributed by atoms with Gasteiger partial charge >= 0.3 is 0 Å². The van der Waals surface area contributed by atoms with Gasteiger partial charge in [-0.2, -0.15) is 4.73 Å². The zero-order valence-corrected chi connectivity index (χ0v) is 8.47. The highest BCUT2D eigenvalue weighted by Gasteiger charge is 1.98. The summed E-state index contributed by atoms with van der Waals surface area (Å²) in [6, 6.07) is 9.25. The zero-order valence-electron chi connectivity index (χ0n) is 8.47. The average molecular weight is 219 g/mol. The first kappa shape index (κ1) is 10.4. The molecule has 16 heavy (non-hydrogen) atoms. The first-order chi connectivity index (χ1) is 7.74. The fourth-order valence-electron chi connectivity index (χ4n) is 1.24. The molecule has 1 heterocycles. The van der Waals surface area contributed by atoms with Crippen molar-refractivity contribution in [2.24, 2.45) is 0 Å². The predicted octanol–water partition coefficient (Wildman–Crippen LogP) is 2.04. The summed E-state index contributed by atoms with van der Waals surface area (Å²) in [5.41, 5.74) is 0.875. The molecule has 2 aromatic rings. The highest BCUT2D eigenvalue weighted by molar-refractivity contribution is 5.18. The SMILES string of the molecule is [O-][n+]1ccc(OCc2ccc(F)cc2)cc1. The maximum Gasteiger partial charge on any atom is 0.184 e. The van der Waals surface area contributed by atoms with Crippen molar-refractivity contribution >= 4 is 0 Å². The highest BCUT2D eigenvalue weighted by atomic mass is 19.1. The van der Waals surface area contributed by atoms with E-state index in [-0.39, 0.29) is 5.82 Å². The molecule has 4 heteroatoms. The zero-order chi connectivity index (χ0) is 11.4. The Labute approximate surface area is 92.3 Å². The van der Waals surface area contributed by atoms with Crippen LogP contribution in [0.5, 0.6) is 5.75 Å². The molecule has 0 fully saturated rings. The second-order valence-electron chi connectivity index (χ2n) is 3.31. The van der Waals surface area contributed by atoms with Crippen molar-refractivity contribution in [1.29, 1.82) is 0 Å². The molecule has 0 N–H and O–H groups in total. The van der Waals surface area contributed by atoms with E-state index < -0.39 is 0 Å². The van der Waals surface area contributed by atoms with Gasteiger partial charge in [-0.05, 0) is 17.7 Å². The Bertz CT molecular complexity index is 408. The van der Waals surface area contributed by atoms with Crippen LogP contribution in [0.3, 0.4) is 0 Å². The molecule has 0 aliphatic heterocycles.